The van der Waals surface area contributed by atoms with Crippen LogP contribution in [0.15, 0.2) is 146 Å². The van der Waals surface area contributed by atoms with Gasteiger partial charge < -0.3 is 14.2 Å². The number of esters is 3. The number of hydrogen-bond acceptors (Lipinski definition) is 6. The molecule has 82 heavy (non-hydrogen) atoms. The maximum atomic E-state index is 12.9. The summed E-state index contributed by atoms with van der Waals surface area (Å²) < 4.78 is 16.9. The second kappa shape index (κ2) is 68.8. The molecule has 0 heterocycles. The fraction of sp³-hybridized carbons (Fsp3) is 0.645. The Labute approximate surface area is 506 Å². The van der Waals surface area contributed by atoms with E-state index in [-0.39, 0.29) is 31.1 Å². The first-order chi connectivity index (χ1) is 40.5. The molecule has 1 atom stereocenters. The molecule has 1 unspecified atom stereocenters. The van der Waals surface area contributed by atoms with Crippen LogP contribution in [-0.4, -0.2) is 37.2 Å². The number of carbonyl (C=O) groups is 3. The Balaban J connectivity index is 4.28. The minimum atomic E-state index is -0.796. The first-order valence-corrected chi connectivity index (χ1v) is 33.8. The van der Waals surface area contributed by atoms with Crippen LogP contribution in [0.5, 0.6) is 0 Å². The summed E-state index contributed by atoms with van der Waals surface area (Å²) in [5, 5.41) is 0. The van der Waals surface area contributed by atoms with Crippen LogP contribution in [0.4, 0.5) is 0 Å². The van der Waals surface area contributed by atoms with Gasteiger partial charge in [0.1, 0.15) is 13.2 Å². The fourth-order valence-corrected chi connectivity index (χ4v) is 8.99. The van der Waals surface area contributed by atoms with Crippen molar-refractivity contribution in [3.05, 3.63) is 146 Å². The summed E-state index contributed by atoms with van der Waals surface area (Å²) in [4.78, 5) is 38.3. The highest BCUT2D eigenvalue weighted by Gasteiger charge is 2.19. The van der Waals surface area contributed by atoms with Gasteiger partial charge in [-0.05, 0) is 148 Å². The highest BCUT2D eigenvalue weighted by atomic mass is 16.6. The molecule has 0 aliphatic rings. The second-order valence-corrected chi connectivity index (χ2v) is 22.0. The summed E-state index contributed by atoms with van der Waals surface area (Å²) in [5.41, 5.74) is 0. The van der Waals surface area contributed by atoms with E-state index in [0.29, 0.717) is 19.3 Å². The molecule has 0 N–H and O–H groups in total. The highest BCUT2D eigenvalue weighted by Crippen LogP contribution is 2.15. The summed E-state index contributed by atoms with van der Waals surface area (Å²) in [6, 6.07) is 0. The Morgan fingerprint density at radius 2 is 0.476 bits per heavy atom. The van der Waals surface area contributed by atoms with Crippen LogP contribution in [0.1, 0.15) is 297 Å². The third-order valence-electron chi connectivity index (χ3n) is 14.0. The number of carbonyl (C=O) groups excluding carboxylic acids is 3. The molecule has 0 spiro atoms. The van der Waals surface area contributed by atoms with Gasteiger partial charge in [-0.15, -0.1) is 0 Å². The first kappa shape index (κ1) is 77.3. The number of ether oxygens (including phenoxy) is 3. The minimum Gasteiger partial charge on any atom is -0.462 e. The predicted octanol–water partition coefficient (Wildman–Crippen LogP) is 23.5. The summed E-state index contributed by atoms with van der Waals surface area (Å²) >= 11 is 0. The molecule has 0 aromatic rings. The average Bonchev–Trinajstić information content (AvgIpc) is 3.47. The van der Waals surface area contributed by atoms with E-state index in [2.05, 4.69) is 167 Å². The SMILES string of the molecule is CC/C=C\C/C=C\C/C=C\C/C=C\C/C=C\C/C=C\C/C=C\C/C=C\C/C=C\CCCCCCCCCC(=O)OCC(COC(=O)CCCCCCC/C=C\CCCCC)OC(=O)CCCCCCCCC/C=C\C/C=C\CCCCC. The zero-order chi connectivity index (χ0) is 59.2. The second-order valence-electron chi connectivity index (χ2n) is 22.0. The lowest BCUT2D eigenvalue weighted by Gasteiger charge is -2.18. The van der Waals surface area contributed by atoms with Gasteiger partial charge in [-0.25, -0.2) is 0 Å². The van der Waals surface area contributed by atoms with Gasteiger partial charge in [0.15, 0.2) is 6.10 Å². The third-order valence-corrected chi connectivity index (χ3v) is 14.0. The van der Waals surface area contributed by atoms with E-state index < -0.39 is 6.10 Å². The summed E-state index contributed by atoms with van der Waals surface area (Å²) in [6.45, 7) is 6.46. The van der Waals surface area contributed by atoms with Gasteiger partial charge in [-0.3, -0.25) is 14.4 Å². The largest absolute Gasteiger partial charge is 0.462 e. The van der Waals surface area contributed by atoms with Crippen molar-refractivity contribution in [2.45, 2.75) is 303 Å². The summed E-state index contributed by atoms with van der Waals surface area (Å²) in [5.74, 6) is -0.918. The summed E-state index contributed by atoms with van der Waals surface area (Å²) in [6.07, 6.45) is 98.6. The number of allylic oxidation sites excluding steroid dienone is 24. The van der Waals surface area contributed by atoms with Crippen molar-refractivity contribution >= 4 is 17.9 Å². The Morgan fingerprint density at radius 1 is 0.256 bits per heavy atom. The van der Waals surface area contributed by atoms with Gasteiger partial charge in [0.05, 0.1) is 0 Å². The Morgan fingerprint density at radius 3 is 0.756 bits per heavy atom. The average molecular weight is 1130 g/mol. The van der Waals surface area contributed by atoms with E-state index in [1.54, 1.807) is 0 Å². The minimum absolute atomic E-state index is 0.0919. The van der Waals surface area contributed by atoms with E-state index in [4.69, 9.17) is 14.2 Å². The van der Waals surface area contributed by atoms with Crippen molar-refractivity contribution < 1.29 is 28.6 Å². The van der Waals surface area contributed by atoms with Gasteiger partial charge >= 0.3 is 17.9 Å². The standard InChI is InChI=1S/C76H124O6/c1-4-7-10-13-16-19-22-25-27-29-30-31-32-33-34-35-36-37-38-39-40-41-42-43-44-45-46-48-49-51-54-57-60-63-66-69-75(78)81-72-73(71-80-74(77)68-65-62-59-56-53-24-21-18-15-12-9-6-3)82-76(79)70-67-64-61-58-55-52-50-47-28-26-23-20-17-14-11-8-5-2/h7,10,16-21,25-28,30-31,33-34,36-37,39-40,42-43,45-46,73H,4-6,8-9,11-15,22-24,29,32,35,38,41,44,47-72H2,1-3H3/b10-7-,19-16-,20-17-,21-18-,27-25-,28-26-,31-30-,34-33-,37-36-,40-39-,43-42-,46-45-. The van der Waals surface area contributed by atoms with Gasteiger partial charge in [0, 0.05) is 19.3 Å². The van der Waals surface area contributed by atoms with Crippen LogP contribution < -0.4 is 0 Å². The maximum Gasteiger partial charge on any atom is 0.306 e. The molecule has 6 nitrogen and oxygen atoms in total. The third kappa shape index (κ3) is 66.1. The topological polar surface area (TPSA) is 78.9 Å². The maximum absolute atomic E-state index is 12.9. The quantitative estimate of drug-likeness (QED) is 0.0261. The molecule has 0 saturated carbocycles. The van der Waals surface area contributed by atoms with Gasteiger partial charge in [0.25, 0.3) is 0 Å². The normalized spacial score (nSPS) is 13.1. The zero-order valence-electron chi connectivity index (χ0n) is 53.2. The summed E-state index contributed by atoms with van der Waals surface area (Å²) in [7, 11) is 0. The van der Waals surface area contributed by atoms with Gasteiger partial charge in [-0.2, -0.15) is 0 Å². The van der Waals surface area contributed by atoms with Crippen molar-refractivity contribution in [1.82, 2.24) is 0 Å². The van der Waals surface area contributed by atoms with Crippen molar-refractivity contribution in [2.24, 2.45) is 0 Å². The van der Waals surface area contributed by atoms with Crippen molar-refractivity contribution in [3.63, 3.8) is 0 Å². The molecular formula is C76H124O6. The molecule has 0 fully saturated rings. The lowest BCUT2D eigenvalue weighted by atomic mass is 10.1. The Bertz CT molecular complexity index is 1780. The molecule has 0 radical (unpaired) electrons. The van der Waals surface area contributed by atoms with Crippen molar-refractivity contribution in [2.75, 3.05) is 13.2 Å². The molecule has 464 valence electrons. The fourth-order valence-electron chi connectivity index (χ4n) is 8.99. The lowest BCUT2D eigenvalue weighted by molar-refractivity contribution is -0.167. The highest BCUT2D eigenvalue weighted by molar-refractivity contribution is 5.71. The van der Waals surface area contributed by atoms with E-state index >= 15 is 0 Å². The van der Waals surface area contributed by atoms with Crippen LogP contribution in [0, 0.1) is 0 Å². The lowest BCUT2D eigenvalue weighted by Crippen LogP contribution is -2.30. The van der Waals surface area contributed by atoms with Crippen LogP contribution >= 0.6 is 0 Å². The van der Waals surface area contributed by atoms with Crippen LogP contribution in [0.25, 0.3) is 0 Å². The predicted molar refractivity (Wildman–Crippen MR) is 357 cm³/mol. The van der Waals surface area contributed by atoms with Crippen molar-refractivity contribution in [3.8, 4) is 0 Å². The van der Waals surface area contributed by atoms with Crippen molar-refractivity contribution in [1.29, 1.82) is 0 Å². The monoisotopic (exact) mass is 1130 g/mol. The molecule has 0 aliphatic carbocycles. The van der Waals surface area contributed by atoms with E-state index in [1.807, 2.05) is 0 Å². The number of rotatable bonds is 60. The Hall–Kier alpha value is -4.71. The van der Waals surface area contributed by atoms with E-state index in [9.17, 15) is 14.4 Å². The number of unbranched alkanes of at least 4 members (excludes halogenated alkanes) is 25. The number of hydrogen-bond donors (Lipinski definition) is 0. The molecule has 0 rings (SSSR count). The smallest absolute Gasteiger partial charge is 0.306 e. The molecule has 0 bridgehead atoms. The molecule has 0 aliphatic heterocycles. The van der Waals surface area contributed by atoms with Gasteiger partial charge in [-0.1, -0.05) is 276 Å². The van der Waals surface area contributed by atoms with E-state index in [0.717, 1.165) is 148 Å². The molecule has 0 amide bonds. The van der Waals surface area contributed by atoms with Crippen LogP contribution in [0.2, 0.25) is 0 Å². The molecular weight excluding hydrogens is 1010 g/mol. The molecule has 0 aromatic carbocycles. The molecule has 0 saturated heterocycles. The van der Waals surface area contributed by atoms with Crippen LogP contribution in [-0.2, 0) is 28.6 Å². The first-order valence-electron chi connectivity index (χ1n) is 33.8. The van der Waals surface area contributed by atoms with E-state index in [1.165, 1.54) is 109 Å². The van der Waals surface area contributed by atoms with Crippen LogP contribution in [0.3, 0.4) is 0 Å². The zero-order valence-corrected chi connectivity index (χ0v) is 53.2. The molecule has 0 aromatic heterocycles. The Kier molecular flexibility index (Phi) is 64.8. The van der Waals surface area contributed by atoms with Gasteiger partial charge in [0.2, 0.25) is 0 Å². The molecule has 6 heteroatoms.